The number of para-hydroxylation sites is 1. The Balaban J connectivity index is 1.56. The zero-order chi connectivity index (χ0) is 20.8. The molecule has 0 fully saturated rings. The molecule has 150 valence electrons. The van der Waals surface area contributed by atoms with Crippen LogP contribution in [0, 0.1) is 0 Å². The summed E-state index contributed by atoms with van der Waals surface area (Å²) in [5.41, 5.74) is 0.870. The molecular weight excluding hydrogens is 372 g/mol. The molecule has 0 aliphatic rings. The molecule has 0 radical (unpaired) electrons. The molecule has 0 N–H and O–H groups in total. The van der Waals surface area contributed by atoms with Crippen molar-refractivity contribution in [1.29, 1.82) is 0 Å². The van der Waals surface area contributed by atoms with Gasteiger partial charge in [0.25, 0.3) is 5.56 Å². The number of carbonyl (C=O) groups excluding carboxylic acids is 2. The van der Waals surface area contributed by atoms with E-state index in [1.807, 2.05) is 6.92 Å². The highest BCUT2D eigenvalue weighted by Crippen LogP contribution is 2.13. The van der Waals surface area contributed by atoms with E-state index in [0.717, 1.165) is 0 Å². The zero-order valence-corrected chi connectivity index (χ0v) is 16.4. The first-order valence-electron chi connectivity index (χ1n) is 9.36. The summed E-state index contributed by atoms with van der Waals surface area (Å²) in [5.74, 6) is 0.349. The number of hydrogen-bond donors (Lipinski definition) is 0. The van der Waals surface area contributed by atoms with Gasteiger partial charge in [-0.3, -0.25) is 19.0 Å². The molecule has 0 amide bonds. The molecule has 0 saturated carbocycles. The molecule has 0 spiro atoms. The molecule has 0 unspecified atom stereocenters. The van der Waals surface area contributed by atoms with Gasteiger partial charge < -0.3 is 9.47 Å². The van der Waals surface area contributed by atoms with Gasteiger partial charge >= 0.3 is 5.97 Å². The number of aryl methyl sites for hydroxylation is 1. The quantitative estimate of drug-likeness (QED) is 0.431. The molecule has 0 atom stereocenters. The topological polar surface area (TPSA) is 87.5 Å². The molecule has 7 heteroatoms. The molecular formula is C22H22N2O5. The van der Waals surface area contributed by atoms with Crippen LogP contribution in [0.1, 0.15) is 29.5 Å². The van der Waals surface area contributed by atoms with E-state index in [9.17, 15) is 14.4 Å². The largest absolute Gasteiger partial charge is 0.494 e. The summed E-state index contributed by atoms with van der Waals surface area (Å²) in [6.07, 6.45) is 0.266. The van der Waals surface area contributed by atoms with Gasteiger partial charge in [0.2, 0.25) is 0 Å². The van der Waals surface area contributed by atoms with Crippen LogP contribution >= 0.6 is 0 Å². The van der Waals surface area contributed by atoms with Crippen LogP contribution in [0.4, 0.5) is 0 Å². The molecule has 0 aliphatic heterocycles. The predicted molar refractivity (Wildman–Crippen MR) is 108 cm³/mol. The molecule has 0 aliphatic carbocycles. The lowest BCUT2D eigenvalue weighted by molar-refractivity contribution is -0.142. The van der Waals surface area contributed by atoms with Crippen molar-refractivity contribution in [2.45, 2.75) is 19.8 Å². The second-order valence-corrected chi connectivity index (χ2v) is 6.45. The lowest BCUT2D eigenvalue weighted by atomic mass is 10.1. The first-order valence-corrected chi connectivity index (χ1v) is 9.36. The number of fused-ring (bicyclic) bond motifs is 1. The summed E-state index contributed by atoms with van der Waals surface area (Å²) >= 11 is 0. The molecule has 1 heterocycles. The number of esters is 1. The van der Waals surface area contributed by atoms with Gasteiger partial charge in [-0.05, 0) is 43.3 Å². The third kappa shape index (κ3) is 4.87. The normalized spacial score (nSPS) is 10.7. The van der Waals surface area contributed by atoms with E-state index in [-0.39, 0.29) is 30.8 Å². The minimum Gasteiger partial charge on any atom is -0.494 e. The number of ether oxygens (including phenoxy) is 2. The van der Waals surface area contributed by atoms with Gasteiger partial charge in [0.05, 0.1) is 23.9 Å². The summed E-state index contributed by atoms with van der Waals surface area (Å²) < 4.78 is 11.8. The summed E-state index contributed by atoms with van der Waals surface area (Å²) in [4.78, 5) is 41.0. The van der Waals surface area contributed by atoms with Crippen molar-refractivity contribution in [3.05, 3.63) is 70.3 Å². The maximum Gasteiger partial charge on any atom is 0.306 e. The van der Waals surface area contributed by atoms with Gasteiger partial charge in [0.15, 0.2) is 12.4 Å². The minimum absolute atomic E-state index is 0.0230. The van der Waals surface area contributed by atoms with Crippen molar-refractivity contribution >= 4 is 22.7 Å². The molecule has 3 aromatic rings. The fourth-order valence-corrected chi connectivity index (χ4v) is 2.91. The van der Waals surface area contributed by atoms with E-state index in [0.29, 0.717) is 34.6 Å². The van der Waals surface area contributed by atoms with Gasteiger partial charge in [-0.1, -0.05) is 12.1 Å². The Morgan fingerprint density at radius 2 is 1.79 bits per heavy atom. The first-order chi connectivity index (χ1) is 14.0. The van der Waals surface area contributed by atoms with Crippen LogP contribution in [0.5, 0.6) is 5.75 Å². The van der Waals surface area contributed by atoms with E-state index in [1.54, 1.807) is 55.6 Å². The highest BCUT2D eigenvalue weighted by Gasteiger charge is 2.13. The van der Waals surface area contributed by atoms with E-state index >= 15 is 0 Å². The van der Waals surface area contributed by atoms with E-state index in [4.69, 9.17) is 9.47 Å². The second-order valence-electron chi connectivity index (χ2n) is 6.45. The number of nitrogens with zero attached hydrogens (tertiary/aromatic N) is 2. The van der Waals surface area contributed by atoms with Crippen LogP contribution < -0.4 is 10.3 Å². The fraction of sp³-hybridized carbons (Fsp3) is 0.273. The van der Waals surface area contributed by atoms with E-state index in [2.05, 4.69) is 4.98 Å². The van der Waals surface area contributed by atoms with Gasteiger partial charge in [-0.25, -0.2) is 4.98 Å². The van der Waals surface area contributed by atoms with E-state index in [1.165, 1.54) is 4.57 Å². The van der Waals surface area contributed by atoms with Crippen molar-refractivity contribution in [1.82, 2.24) is 9.55 Å². The minimum atomic E-state index is -0.522. The van der Waals surface area contributed by atoms with Gasteiger partial charge in [-0.15, -0.1) is 0 Å². The van der Waals surface area contributed by atoms with Gasteiger partial charge in [0, 0.05) is 19.0 Å². The number of hydrogen-bond acceptors (Lipinski definition) is 6. The lowest BCUT2D eigenvalue weighted by Gasteiger charge is -2.09. The van der Waals surface area contributed by atoms with Gasteiger partial charge in [-0.2, -0.15) is 0 Å². The van der Waals surface area contributed by atoms with Crippen LogP contribution in [0.3, 0.4) is 0 Å². The van der Waals surface area contributed by atoms with Crippen LogP contribution in [-0.4, -0.2) is 34.5 Å². The third-order valence-electron chi connectivity index (χ3n) is 4.48. The molecule has 2 aromatic carbocycles. The molecule has 0 bridgehead atoms. The van der Waals surface area contributed by atoms with Crippen molar-refractivity contribution < 1.29 is 19.1 Å². The number of aromatic nitrogens is 2. The van der Waals surface area contributed by atoms with Crippen molar-refractivity contribution in [3.8, 4) is 5.75 Å². The van der Waals surface area contributed by atoms with Crippen LogP contribution in [0.15, 0.2) is 53.3 Å². The summed E-state index contributed by atoms with van der Waals surface area (Å²) in [6.45, 7) is 2.09. The Morgan fingerprint density at radius 1 is 1.07 bits per heavy atom. The van der Waals surface area contributed by atoms with Crippen LogP contribution in [0.25, 0.3) is 10.9 Å². The Kier molecular flexibility index (Phi) is 6.39. The van der Waals surface area contributed by atoms with Crippen molar-refractivity contribution in [3.63, 3.8) is 0 Å². The Morgan fingerprint density at radius 3 is 2.52 bits per heavy atom. The monoisotopic (exact) mass is 394 g/mol. The van der Waals surface area contributed by atoms with Crippen molar-refractivity contribution in [2.75, 3.05) is 13.2 Å². The molecule has 3 rings (SSSR count). The van der Waals surface area contributed by atoms with E-state index < -0.39 is 5.97 Å². The average Bonchev–Trinajstić information content (AvgIpc) is 2.74. The SMILES string of the molecule is CCOc1ccc(C(=O)COC(=O)CCc2nc3ccccc3c(=O)n2C)cc1. The standard InChI is InChI=1S/C22H22N2O5/c1-3-28-16-10-8-15(9-11-16)19(25)14-29-21(26)13-12-20-23-18-7-5-4-6-17(18)22(27)24(20)2/h4-11H,3,12-14H2,1-2H3. The smallest absolute Gasteiger partial charge is 0.306 e. The average molecular weight is 394 g/mol. The lowest BCUT2D eigenvalue weighted by Crippen LogP contribution is -2.23. The second kappa shape index (κ2) is 9.14. The third-order valence-corrected chi connectivity index (χ3v) is 4.48. The predicted octanol–water partition coefficient (Wildman–Crippen LogP) is 2.69. The Labute approximate surface area is 167 Å². The maximum atomic E-state index is 12.4. The first kappa shape index (κ1) is 20.3. The molecule has 0 saturated heterocycles. The Hall–Kier alpha value is -3.48. The molecule has 1 aromatic heterocycles. The number of Topliss-reactive ketones (excluding diaryl/α,β-unsaturated/α-hetero) is 1. The highest BCUT2D eigenvalue weighted by atomic mass is 16.5. The summed E-state index contributed by atoms with van der Waals surface area (Å²) in [5, 5.41) is 0.530. The number of ketones is 1. The van der Waals surface area contributed by atoms with Crippen LogP contribution in [0.2, 0.25) is 0 Å². The van der Waals surface area contributed by atoms with Crippen molar-refractivity contribution in [2.24, 2.45) is 7.05 Å². The number of rotatable bonds is 8. The highest BCUT2D eigenvalue weighted by molar-refractivity contribution is 5.98. The maximum absolute atomic E-state index is 12.4. The summed E-state index contributed by atoms with van der Waals surface area (Å²) in [7, 11) is 1.62. The zero-order valence-electron chi connectivity index (χ0n) is 16.4. The van der Waals surface area contributed by atoms with Crippen LogP contribution in [-0.2, 0) is 23.0 Å². The fourth-order valence-electron chi connectivity index (χ4n) is 2.91. The molecule has 29 heavy (non-hydrogen) atoms. The van der Waals surface area contributed by atoms with Gasteiger partial charge in [0.1, 0.15) is 11.6 Å². The Bertz CT molecular complexity index is 1090. The molecule has 7 nitrogen and oxygen atoms in total. The number of benzene rings is 2. The number of carbonyl (C=O) groups is 2. The summed E-state index contributed by atoms with van der Waals surface area (Å²) in [6, 6.07) is 13.7.